The van der Waals surface area contributed by atoms with Crippen molar-refractivity contribution in [3.8, 4) is 0 Å². The first-order valence-corrected chi connectivity index (χ1v) is 8.49. The highest BCUT2D eigenvalue weighted by atomic mass is 16.3. The van der Waals surface area contributed by atoms with Crippen LogP contribution in [0.4, 0.5) is 5.69 Å². The summed E-state index contributed by atoms with van der Waals surface area (Å²) in [6, 6.07) is 9.63. The molecule has 128 valence electrons. The minimum absolute atomic E-state index is 0.177. The Morgan fingerprint density at radius 1 is 1.38 bits per heavy atom. The first-order valence-electron chi connectivity index (χ1n) is 8.49. The van der Waals surface area contributed by atoms with E-state index in [1.54, 1.807) is 6.07 Å². The van der Waals surface area contributed by atoms with Gasteiger partial charge in [-0.05, 0) is 37.0 Å². The van der Waals surface area contributed by atoms with E-state index in [1.165, 1.54) is 0 Å². The number of aromatic amines is 1. The number of benzene rings is 1. The number of aryl methyl sites for hydroxylation is 1. The third-order valence-electron chi connectivity index (χ3n) is 4.46. The van der Waals surface area contributed by atoms with Gasteiger partial charge in [-0.1, -0.05) is 25.1 Å². The van der Waals surface area contributed by atoms with Crippen molar-refractivity contribution in [2.24, 2.45) is 0 Å². The van der Waals surface area contributed by atoms with Crippen LogP contribution in [-0.2, 0) is 13.0 Å². The summed E-state index contributed by atoms with van der Waals surface area (Å²) in [5, 5.41) is 19.5. The molecule has 3 rings (SSSR count). The molecule has 0 aliphatic carbocycles. The van der Waals surface area contributed by atoms with Gasteiger partial charge in [0.2, 0.25) is 0 Å². The van der Waals surface area contributed by atoms with Crippen LogP contribution < -0.4 is 5.32 Å². The van der Waals surface area contributed by atoms with Crippen LogP contribution in [0.1, 0.15) is 41.5 Å². The van der Waals surface area contributed by atoms with Crippen LogP contribution >= 0.6 is 0 Å². The predicted octanol–water partition coefficient (Wildman–Crippen LogP) is 2.18. The Kier molecular flexibility index (Phi) is 5.27. The number of hydrogen-bond donors (Lipinski definition) is 3. The predicted molar refractivity (Wildman–Crippen MR) is 92.9 cm³/mol. The minimum atomic E-state index is -0.201. The molecule has 1 aromatic carbocycles. The second-order valence-electron chi connectivity index (χ2n) is 6.25. The smallest absolute Gasteiger partial charge is 0.276 e. The summed E-state index contributed by atoms with van der Waals surface area (Å²) >= 11 is 0. The number of rotatable bonds is 5. The maximum absolute atomic E-state index is 12.4. The van der Waals surface area contributed by atoms with Gasteiger partial charge in [0.05, 0.1) is 6.10 Å². The van der Waals surface area contributed by atoms with Crippen LogP contribution in [0.25, 0.3) is 0 Å². The van der Waals surface area contributed by atoms with Gasteiger partial charge in [0, 0.05) is 31.0 Å². The number of H-pyrrole nitrogens is 1. The van der Waals surface area contributed by atoms with Crippen molar-refractivity contribution < 1.29 is 9.90 Å². The van der Waals surface area contributed by atoms with Crippen LogP contribution in [0.15, 0.2) is 30.3 Å². The first kappa shape index (κ1) is 16.7. The summed E-state index contributed by atoms with van der Waals surface area (Å²) in [5.74, 6) is -0.201. The van der Waals surface area contributed by atoms with Crippen molar-refractivity contribution in [3.63, 3.8) is 0 Å². The summed E-state index contributed by atoms with van der Waals surface area (Å²) in [7, 11) is 0. The SMILES string of the molecule is CCc1cc(C(=O)Nc2ccccc2CN2CCC(O)CC2)n[nH]1. The molecule has 0 saturated carbocycles. The molecule has 6 heteroatoms. The van der Waals surface area contributed by atoms with Gasteiger partial charge in [-0.25, -0.2) is 0 Å². The molecule has 0 bridgehead atoms. The van der Waals surface area contributed by atoms with Gasteiger partial charge >= 0.3 is 0 Å². The number of aromatic nitrogens is 2. The van der Waals surface area contributed by atoms with Crippen molar-refractivity contribution in [2.75, 3.05) is 18.4 Å². The van der Waals surface area contributed by atoms with Gasteiger partial charge < -0.3 is 10.4 Å². The number of aliphatic hydroxyl groups excluding tert-OH is 1. The fourth-order valence-electron chi connectivity index (χ4n) is 2.94. The molecule has 24 heavy (non-hydrogen) atoms. The molecule has 3 N–H and O–H groups in total. The molecule has 0 spiro atoms. The Bertz CT molecular complexity index is 690. The van der Waals surface area contributed by atoms with Crippen LogP contribution in [-0.4, -0.2) is 45.3 Å². The monoisotopic (exact) mass is 328 g/mol. The standard InChI is InChI=1S/C18H24N4O2/c1-2-14-11-17(21-20-14)18(24)19-16-6-4-3-5-13(16)12-22-9-7-15(23)8-10-22/h3-6,11,15,23H,2,7-10,12H2,1H3,(H,19,24)(H,20,21). The highest BCUT2D eigenvalue weighted by Gasteiger charge is 2.18. The van der Waals surface area contributed by atoms with Crippen LogP contribution in [0.2, 0.25) is 0 Å². The van der Waals surface area contributed by atoms with E-state index in [9.17, 15) is 9.90 Å². The summed E-state index contributed by atoms with van der Waals surface area (Å²) in [6.07, 6.45) is 2.25. The number of nitrogens with one attached hydrogen (secondary N) is 2. The molecule has 0 unspecified atom stereocenters. The molecule has 2 heterocycles. The van der Waals surface area contributed by atoms with E-state index in [0.29, 0.717) is 5.69 Å². The quantitative estimate of drug-likeness (QED) is 0.786. The number of likely N-dealkylation sites (tertiary alicyclic amines) is 1. The average Bonchev–Trinajstić information content (AvgIpc) is 3.08. The zero-order valence-corrected chi connectivity index (χ0v) is 14.0. The minimum Gasteiger partial charge on any atom is -0.393 e. The van der Waals surface area contributed by atoms with Gasteiger partial charge in [0.1, 0.15) is 0 Å². The Balaban J connectivity index is 1.68. The fourth-order valence-corrected chi connectivity index (χ4v) is 2.94. The van der Waals surface area contributed by atoms with Gasteiger partial charge in [-0.3, -0.25) is 14.8 Å². The number of carbonyl (C=O) groups excluding carboxylic acids is 1. The van der Waals surface area contributed by atoms with E-state index in [0.717, 1.165) is 55.8 Å². The number of piperidine rings is 1. The fraction of sp³-hybridized carbons (Fsp3) is 0.444. The van der Waals surface area contributed by atoms with Crippen molar-refractivity contribution in [2.45, 2.75) is 38.8 Å². The molecule has 1 aromatic heterocycles. The highest BCUT2D eigenvalue weighted by Crippen LogP contribution is 2.20. The molecule has 2 aromatic rings. The number of para-hydroxylation sites is 1. The van der Waals surface area contributed by atoms with E-state index in [2.05, 4.69) is 20.4 Å². The summed E-state index contributed by atoms with van der Waals surface area (Å²) < 4.78 is 0. The first-order chi connectivity index (χ1) is 11.7. The van der Waals surface area contributed by atoms with Gasteiger partial charge in [0.25, 0.3) is 5.91 Å². The molecule has 1 aliphatic rings. The van der Waals surface area contributed by atoms with Gasteiger partial charge in [0.15, 0.2) is 5.69 Å². The maximum Gasteiger partial charge on any atom is 0.276 e. The summed E-state index contributed by atoms with van der Waals surface area (Å²) in [4.78, 5) is 14.7. The topological polar surface area (TPSA) is 81.2 Å². The normalized spacial score (nSPS) is 16.2. The molecule has 1 saturated heterocycles. The lowest BCUT2D eigenvalue weighted by Gasteiger charge is -2.30. The molecule has 0 atom stereocenters. The molecular weight excluding hydrogens is 304 g/mol. The number of amides is 1. The third kappa shape index (κ3) is 4.01. The lowest BCUT2D eigenvalue weighted by Crippen LogP contribution is -2.35. The number of hydrogen-bond acceptors (Lipinski definition) is 4. The lowest BCUT2D eigenvalue weighted by molar-refractivity contribution is 0.0793. The number of nitrogens with zero attached hydrogens (tertiary/aromatic N) is 2. The lowest BCUT2D eigenvalue weighted by atomic mass is 10.1. The van der Waals surface area contributed by atoms with Crippen LogP contribution in [0.3, 0.4) is 0 Å². The van der Waals surface area contributed by atoms with E-state index in [4.69, 9.17) is 0 Å². The van der Waals surface area contributed by atoms with Gasteiger partial charge in [-0.15, -0.1) is 0 Å². The summed E-state index contributed by atoms with van der Waals surface area (Å²) in [5.41, 5.74) is 3.24. The molecule has 1 aliphatic heterocycles. The second-order valence-corrected chi connectivity index (χ2v) is 6.25. The zero-order chi connectivity index (χ0) is 16.9. The van der Waals surface area contributed by atoms with E-state index < -0.39 is 0 Å². The van der Waals surface area contributed by atoms with Crippen molar-refractivity contribution in [3.05, 3.63) is 47.3 Å². The second kappa shape index (κ2) is 7.59. The largest absolute Gasteiger partial charge is 0.393 e. The molecule has 1 fully saturated rings. The number of aliphatic hydroxyl groups is 1. The summed E-state index contributed by atoms with van der Waals surface area (Å²) in [6.45, 7) is 4.54. The zero-order valence-electron chi connectivity index (χ0n) is 14.0. The molecule has 6 nitrogen and oxygen atoms in total. The van der Waals surface area contributed by atoms with E-state index in [-0.39, 0.29) is 12.0 Å². The van der Waals surface area contributed by atoms with Crippen LogP contribution in [0, 0.1) is 0 Å². The third-order valence-corrected chi connectivity index (χ3v) is 4.46. The van der Waals surface area contributed by atoms with Crippen molar-refractivity contribution >= 4 is 11.6 Å². The molecule has 1 amide bonds. The highest BCUT2D eigenvalue weighted by molar-refractivity contribution is 6.03. The van der Waals surface area contributed by atoms with E-state index >= 15 is 0 Å². The Morgan fingerprint density at radius 3 is 2.83 bits per heavy atom. The Hall–Kier alpha value is -2.18. The number of carbonyl (C=O) groups is 1. The van der Waals surface area contributed by atoms with Crippen LogP contribution in [0.5, 0.6) is 0 Å². The van der Waals surface area contributed by atoms with E-state index in [1.807, 2.05) is 31.2 Å². The van der Waals surface area contributed by atoms with Crippen molar-refractivity contribution in [1.29, 1.82) is 0 Å². The average molecular weight is 328 g/mol. The number of anilines is 1. The van der Waals surface area contributed by atoms with Crippen molar-refractivity contribution in [1.82, 2.24) is 15.1 Å². The maximum atomic E-state index is 12.4. The Morgan fingerprint density at radius 2 is 2.12 bits per heavy atom. The Labute approximate surface area is 141 Å². The molecule has 0 radical (unpaired) electrons. The molecular formula is C18H24N4O2. The van der Waals surface area contributed by atoms with Gasteiger partial charge in [-0.2, -0.15) is 5.10 Å².